The molecule has 1 fully saturated rings. The first-order valence-electron chi connectivity index (χ1n) is 7.87. The quantitative estimate of drug-likeness (QED) is 0.759. The topological polar surface area (TPSA) is 49.9 Å². The number of sulfonamides is 1. The molecule has 1 aliphatic rings. The number of hydrogen-bond acceptors (Lipinski definition) is 4. The second-order valence-electron chi connectivity index (χ2n) is 5.76. The molecule has 1 heterocycles. The van der Waals surface area contributed by atoms with Crippen molar-refractivity contribution in [2.75, 3.05) is 38.2 Å². The first-order chi connectivity index (χ1) is 12.3. The second kappa shape index (κ2) is 7.60. The van der Waals surface area contributed by atoms with Gasteiger partial charge in [0.2, 0.25) is 10.0 Å². The molecule has 1 saturated heterocycles. The van der Waals surface area contributed by atoms with Gasteiger partial charge in [0.1, 0.15) is 21.5 Å². The van der Waals surface area contributed by atoms with Gasteiger partial charge in [-0.2, -0.15) is 4.31 Å². The summed E-state index contributed by atoms with van der Waals surface area (Å²) >= 11 is 12.2. The first-order valence-corrected chi connectivity index (χ1v) is 10.1. The van der Waals surface area contributed by atoms with Gasteiger partial charge in [-0.3, -0.25) is 0 Å². The Morgan fingerprint density at radius 3 is 2.15 bits per heavy atom. The zero-order valence-electron chi connectivity index (χ0n) is 14.0. The van der Waals surface area contributed by atoms with Gasteiger partial charge in [0, 0.05) is 31.9 Å². The van der Waals surface area contributed by atoms with Crippen LogP contribution in [-0.2, 0) is 10.0 Å². The van der Waals surface area contributed by atoms with E-state index in [-0.39, 0.29) is 20.8 Å². The number of hydrogen-bond donors (Lipinski definition) is 0. The third kappa shape index (κ3) is 3.62. The highest BCUT2D eigenvalue weighted by molar-refractivity contribution is 7.89. The van der Waals surface area contributed by atoms with Crippen LogP contribution in [-0.4, -0.2) is 46.0 Å². The van der Waals surface area contributed by atoms with Gasteiger partial charge in [0.15, 0.2) is 0 Å². The summed E-state index contributed by atoms with van der Waals surface area (Å²) in [6.45, 7) is 1.57. The van der Waals surface area contributed by atoms with Crippen LogP contribution in [0.15, 0.2) is 41.3 Å². The molecule has 26 heavy (non-hydrogen) atoms. The molecule has 9 heteroatoms. The van der Waals surface area contributed by atoms with Gasteiger partial charge in [-0.05, 0) is 36.4 Å². The number of halogens is 3. The van der Waals surface area contributed by atoms with Crippen molar-refractivity contribution in [2.45, 2.75) is 4.90 Å². The summed E-state index contributed by atoms with van der Waals surface area (Å²) in [5.74, 6) is 0.0118. The highest BCUT2D eigenvalue weighted by atomic mass is 35.5. The maximum absolute atomic E-state index is 13.0. The predicted octanol–water partition coefficient (Wildman–Crippen LogP) is 3.65. The number of methoxy groups -OCH3 is 1. The number of anilines is 1. The lowest BCUT2D eigenvalue weighted by Gasteiger charge is -2.35. The summed E-state index contributed by atoms with van der Waals surface area (Å²) in [5, 5.41) is 0.0205. The SMILES string of the molecule is COc1ccc(S(=O)(=O)N2CCN(c3ccc(F)cc3)CC2)c(Cl)c1Cl. The Hall–Kier alpha value is -1.54. The summed E-state index contributed by atoms with van der Waals surface area (Å²) in [7, 11) is -2.35. The van der Waals surface area contributed by atoms with E-state index in [4.69, 9.17) is 27.9 Å². The molecule has 5 nitrogen and oxygen atoms in total. The smallest absolute Gasteiger partial charge is 0.244 e. The van der Waals surface area contributed by atoms with E-state index in [2.05, 4.69) is 0 Å². The molecule has 0 spiro atoms. The van der Waals surface area contributed by atoms with Crippen molar-refractivity contribution < 1.29 is 17.5 Å². The number of piperazine rings is 1. The third-order valence-corrected chi connectivity index (χ3v) is 7.20. The van der Waals surface area contributed by atoms with Gasteiger partial charge in [0.05, 0.1) is 12.1 Å². The predicted molar refractivity (Wildman–Crippen MR) is 100 cm³/mol. The van der Waals surface area contributed by atoms with E-state index in [1.165, 1.54) is 35.7 Å². The molecule has 0 aliphatic carbocycles. The molecule has 0 N–H and O–H groups in total. The second-order valence-corrected chi connectivity index (χ2v) is 8.42. The number of ether oxygens (including phenoxy) is 1. The maximum atomic E-state index is 13.0. The maximum Gasteiger partial charge on any atom is 0.244 e. The van der Waals surface area contributed by atoms with Crippen LogP contribution in [0.4, 0.5) is 10.1 Å². The van der Waals surface area contributed by atoms with Gasteiger partial charge in [-0.1, -0.05) is 23.2 Å². The summed E-state index contributed by atoms with van der Waals surface area (Å²) in [6, 6.07) is 9.01. The Bertz CT molecular complexity index is 899. The van der Waals surface area contributed by atoms with Gasteiger partial charge in [-0.15, -0.1) is 0 Å². The largest absolute Gasteiger partial charge is 0.495 e. The van der Waals surface area contributed by atoms with Crippen molar-refractivity contribution in [2.24, 2.45) is 0 Å². The van der Waals surface area contributed by atoms with E-state index in [1.807, 2.05) is 4.90 Å². The highest BCUT2D eigenvalue weighted by Crippen LogP contribution is 2.37. The van der Waals surface area contributed by atoms with Gasteiger partial charge in [-0.25, -0.2) is 12.8 Å². The molecular formula is C17H17Cl2FN2O3S. The van der Waals surface area contributed by atoms with Crippen LogP contribution < -0.4 is 9.64 Å². The summed E-state index contributed by atoms with van der Waals surface area (Å²) in [6.07, 6.45) is 0. The van der Waals surface area contributed by atoms with E-state index in [0.29, 0.717) is 31.9 Å². The summed E-state index contributed by atoms with van der Waals surface area (Å²) < 4.78 is 45.3. The molecule has 0 radical (unpaired) electrons. The fourth-order valence-electron chi connectivity index (χ4n) is 2.85. The van der Waals surface area contributed by atoms with E-state index in [1.54, 1.807) is 12.1 Å². The molecule has 0 bridgehead atoms. The molecule has 0 amide bonds. The van der Waals surface area contributed by atoms with Crippen LogP contribution >= 0.6 is 23.2 Å². The van der Waals surface area contributed by atoms with Crippen LogP contribution in [0.2, 0.25) is 10.0 Å². The van der Waals surface area contributed by atoms with Crippen LogP contribution in [0, 0.1) is 5.82 Å². The molecule has 0 atom stereocenters. The van der Waals surface area contributed by atoms with Crippen molar-refractivity contribution >= 4 is 38.9 Å². The Balaban J connectivity index is 1.78. The van der Waals surface area contributed by atoms with Crippen LogP contribution in [0.25, 0.3) is 0 Å². The van der Waals surface area contributed by atoms with Crippen molar-refractivity contribution in [3.05, 3.63) is 52.3 Å². The van der Waals surface area contributed by atoms with Crippen LogP contribution in [0.1, 0.15) is 0 Å². The minimum absolute atomic E-state index is 0.0415. The molecule has 0 unspecified atom stereocenters. The molecule has 1 aliphatic heterocycles. The Morgan fingerprint density at radius 2 is 1.58 bits per heavy atom. The molecule has 2 aromatic rings. The standard InChI is InChI=1S/C17H17Cl2FN2O3S/c1-25-14-6-7-15(17(19)16(14)18)26(23,24)22-10-8-21(9-11-22)13-4-2-12(20)3-5-13/h2-7H,8-11H2,1H3. The zero-order valence-corrected chi connectivity index (χ0v) is 16.3. The molecule has 0 saturated carbocycles. The van der Waals surface area contributed by atoms with E-state index >= 15 is 0 Å². The van der Waals surface area contributed by atoms with Gasteiger partial charge >= 0.3 is 0 Å². The Kier molecular flexibility index (Phi) is 5.62. The van der Waals surface area contributed by atoms with E-state index in [0.717, 1.165) is 5.69 Å². The van der Waals surface area contributed by atoms with Crippen LogP contribution in [0.3, 0.4) is 0 Å². The third-order valence-electron chi connectivity index (χ3n) is 4.28. The number of nitrogens with zero attached hydrogens (tertiary/aromatic N) is 2. The molecule has 140 valence electrons. The minimum atomic E-state index is -3.78. The zero-order chi connectivity index (χ0) is 18.9. The number of rotatable bonds is 4. The summed E-state index contributed by atoms with van der Waals surface area (Å²) in [5.41, 5.74) is 0.856. The molecular weight excluding hydrogens is 402 g/mol. The first kappa shape index (κ1) is 19.2. The van der Waals surface area contributed by atoms with Crippen molar-refractivity contribution in [3.8, 4) is 5.75 Å². The Labute approximate surface area is 161 Å². The van der Waals surface area contributed by atoms with Gasteiger partial charge in [0.25, 0.3) is 0 Å². The fourth-order valence-corrected chi connectivity index (χ4v) is 5.09. The molecule has 2 aromatic carbocycles. The lowest BCUT2D eigenvalue weighted by Crippen LogP contribution is -2.48. The normalized spacial score (nSPS) is 15.9. The number of benzene rings is 2. The van der Waals surface area contributed by atoms with E-state index in [9.17, 15) is 12.8 Å². The minimum Gasteiger partial charge on any atom is -0.495 e. The van der Waals surface area contributed by atoms with E-state index < -0.39 is 10.0 Å². The average molecular weight is 419 g/mol. The average Bonchev–Trinajstić information content (AvgIpc) is 2.64. The Morgan fingerprint density at radius 1 is 0.962 bits per heavy atom. The molecule has 0 aromatic heterocycles. The summed E-state index contributed by atoms with van der Waals surface area (Å²) in [4.78, 5) is 1.97. The van der Waals surface area contributed by atoms with Crippen molar-refractivity contribution in [1.29, 1.82) is 0 Å². The van der Waals surface area contributed by atoms with Crippen molar-refractivity contribution in [3.63, 3.8) is 0 Å². The fraction of sp³-hybridized carbons (Fsp3) is 0.294. The molecule has 3 rings (SSSR count). The van der Waals surface area contributed by atoms with Crippen LogP contribution in [0.5, 0.6) is 5.75 Å². The highest BCUT2D eigenvalue weighted by Gasteiger charge is 2.31. The lowest BCUT2D eigenvalue weighted by molar-refractivity contribution is 0.384. The van der Waals surface area contributed by atoms with Gasteiger partial charge < -0.3 is 9.64 Å². The lowest BCUT2D eigenvalue weighted by atomic mass is 10.2. The van der Waals surface area contributed by atoms with Crippen molar-refractivity contribution in [1.82, 2.24) is 4.31 Å². The monoisotopic (exact) mass is 418 g/mol.